The lowest BCUT2D eigenvalue weighted by Crippen LogP contribution is -2.76. The quantitative estimate of drug-likeness (QED) is 0.0415. The van der Waals surface area contributed by atoms with Gasteiger partial charge in [-0.1, -0.05) is 65.3 Å². The minimum Gasteiger partial charge on any atom is -0.479 e. The number of aliphatic hydroxyl groups is 12. The van der Waals surface area contributed by atoms with E-state index in [9.17, 15) is 80.8 Å². The van der Waals surface area contributed by atoms with Crippen molar-refractivity contribution in [2.24, 2.45) is 50.2 Å². The zero-order valence-electron chi connectivity index (χ0n) is 47.8. The van der Waals surface area contributed by atoms with Gasteiger partial charge in [0.2, 0.25) is 0 Å². The Labute approximate surface area is 471 Å². The van der Waals surface area contributed by atoms with Gasteiger partial charge in [0.25, 0.3) is 0 Å². The molecule has 0 bridgehead atoms. The number of hydrogen-bond donors (Lipinski definition) is 13. The molecule has 24 heteroatoms. The van der Waals surface area contributed by atoms with Crippen molar-refractivity contribution in [1.82, 2.24) is 0 Å². The molecule has 0 unspecified atom stereocenters. The maximum atomic E-state index is 13.9. The summed E-state index contributed by atoms with van der Waals surface area (Å²) in [6.07, 6.45) is -25.7. The molecule has 0 aromatic rings. The van der Waals surface area contributed by atoms with Crippen LogP contribution >= 0.6 is 0 Å². The highest BCUT2D eigenvalue weighted by Crippen LogP contribution is 2.76. The number of aliphatic carboxylic acids is 1. The number of ether oxygens (including phenoxy) is 8. The third-order valence-corrected chi connectivity index (χ3v) is 21.5. The molecule has 3 saturated heterocycles. The lowest BCUT2D eigenvalue weighted by Gasteiger charge is -2.73. The highest BCUT2D eigenvalue weighted by Gasteiger charge is 2.77. The second kappa shape index (κ2) is 23.3. The molecule has 0 aromatic carbocycles. The van der Waals surface area contributed by atoms with Crippen molar-refractivity contribution < 1.29 is 119 Å². The molecule has 7 fully saturated rings. The maximum Gasteiger partial charge on any atom is 0.335 e. The van der Waals surface area contributed by atoms with Crippen molar-refractivity contribution in [3.05, 3.63) is 34.9 Å². The van der Waals surface area contributed by atoms with Gasteiger partial charge in [0.1, 0.15) is 67.1 Å². The molecule has 4 saturated carbocycles. The van der Waals surface area contributed by atoms with E-state index in [1.807, 2.05) is 27.7 Å². The molecule has 3 aliphatic heterocycles. The van der Waals surface area contributed by atoms with Crippen LogP contribution in [0.2, 0.25) is 0 Å². The first-order valence-electron chi connectivity index (χ1n) is 28.3. The van der Waals surface area contributed by atoms with Crippen LogP contribution < -0.4 is 0 Å². The van der Waals surface area contributed by atoms with Crippen LogP contribution in [0, 0.1) is 50.2 Å². The Morgan fingerprint density at radius 3 is 1.70 bits per heavy atom. The lowest BCUT2D eigenvalue weighted by molar-refractivity contribution is -0.387. The Morgan fingerprint density at radius 2 is 1.17 bits per heavy atom. The molecule has 0 radical (unpaired) electrons. The number of fused-ring (bicyclic) bond motifs is 7. The van der Waals surface area contributed by atoms with Crippen molar-refractivity contribution in [2.45, 2.75) is 224 Å². The van der Waals surface area contributed by atoms with Crippen LogP contribution in [0.5, 0.6) is 0 Å². The minimum absolute atomic E-state index is 0.165. The number of hydrogen-bond acceptors (Lipinski definition) is 23. The maximum absolute atomic E-state index is 13.9. The van der Waals surface area contributed by atoms with E-state index in [0.29, 0.717) is 31.3 Å². The third kappa shape index (κ3) is 9.98. The van der Waals surface area contributed by atoms with Crippen LogP contribution in [0.1, 0.15) is 108 Å². The molecule has 0 aromatic heterocycles. The van der Waals surface area contributed by atoms with E-state index in [1.165, 1.54) is 0 Å². The number of rotatable bonds is 15. The van der Waals surface area contributed by atoms with Gasteiger partial charge >= 0.3 is 17.9 Å². The molecule has 24 nitrogen and oxygen atoms in total. The number of allylic oxidation sites excluding steroid dienone is 3. The summed E-state index contributed by atoms with van der Waals surface area (Å²) in [5.74, 6) is -4.48. The fourth-order valence-corrected chi connectivity index (χ4v) is 16.2. The fraction of sp³-hybridized carbons (Fsp3) is 0.842. The van der Waals surface area contributed by atoms with Crippen LogP contribution in [0.15, 0.2) is 34.9 Å². The summed E-state index contributed by atoms with van der Waals surface area (Å²) < 4.78 is 48.8. The van der Waals surface area contributed by atoms with Gasteiger partial charge in [0, 0.05) is 27.4 Å². The first kappa shape index (κ1) is 63.9. The van der Waals surface area contributed by atoms with E-state index in [2.05, 4.69) is 19.9 Å². The fourth-order valence-electron chi connectivity index (χ4n) is 16.2. The monoisotopic (exact) mass is 1160 g/mol. The highest BCUT2D eigenvalue weighted by molar-refractivity contribution is 5.89. The first-order chi connectivity index (χ1) is 37.9. The first-order valence-corrected chi connectivity index (χ1v) is 28.3. The average molecular weight is 1160 g/mol. The number of carboxylic acids is 1. The summed E-state index contributed by atoms with van der Waals surface area (Å²) >= 11 is 0. The summed E-state index contributed by atoms with van der Waals surface area (Å²) in [4.78, 5) is 40.4. The Hall–Kier alpha value is -3.09. The standard InChI is InChI=1S/C57H88O24/c1-11-24(3)47(72)80-44-45(81-48(73)25(4)12-2)57(23-61)27(19-52(44,5)6)26-13-14-31-53(7)17-16-32(54(8,22-60)30(53)15-18-55(31,9)56(26,10)42(68)43(57)69)76-51-41(79-50-37(66)35(64)33(62)28(20-58)74-50)39(38(67)40(78-51)46(70)71)77-49-36(65)34(63)29(21-59)75-49/h11-13,27-45,49-51,58-69H,14-23H2,1-10H3,(H,70,71)/b24-11-,25-12-/t27-,28-,29+,30+,31-,32+,33-,34-,35+,36-,37-,38+,39+,40+,41-,42+,43-,44+,45+,49+,50+,51-,53+,54-,55-,56+,57+/m1/s1. The summed E-state index contributed by atoms with van der Waals surface area (Å²) in [6, 6.07) is 0. The number of esters is 2. The normalized spacial score (nSPS) is 49.8. The van der Waals surface area contributed by atoms with E-state index in [1.54, 1.807) is 39.8 Å². The van der Waals surface area contributed by atoms with Crippen molar-refractivity contribution in [3.8, 4) is 0 Å². The lowest BCUT2D eigenvalue weighted by atomic mass is 9.32. The molecule has 8 rings (SSSR count). The molecule has 460 valence electrons. The molecule has 27 atom stereocenters. The second-order valence-corrected chi connectivity index (χ2v) is 25.9. The van der Waals surface area contributed by atoms with Crippen molar-refractivity contribution in [2.75, 3.05) is 26.4 Å². The highest BCUT2D eigenvalue weighted by atomic mass is 16.8. The van der Waals surface area contributed by atoms with Crippen molar-refractivity contribution in [3.63, 3.8) is 0 Å². The molecule has 81 heavy (non-hydrogen) atoms. The second-order valence-electron chi connectivity index (χ2n) is 25.9. The number of carbonyl (C=O) groups excluding carboxylic acids is 2. The van der Waals surface area contributed by atoms with E-state index in [-0.39, 0.29) is 24.3 Å². The van der Waals surface area contributed by atoms with Gasteiger partial charge in [-0.2, -0.15) is 0 Å². The molecular formula is C57H88O24. The van der Waals surface area contributed by atoms with Crippen LogP contribution in [0.3, 0.4) is 0 Å². The van der Waals surface area contributed by atoms with Crippen molar-refractivity contribution >= 4 is 17.9 Å². The molecule has 3 heterocycles. The van der Waals surface area contributed by atoms with E-state index in [4.69, 9.17) is 37.9 Å². The molecule has 5 aliphatic carbocycles. The zero-order chi connectivity index (χ0) is 60.0. The van der Waals surface area contributed by atoms with E-state index >= 15 is 0 Å². The van der Waals surface area contributed by atoms with Crippen LogP contribution in [-0.4, -0.2) is 227 Å². The number of carboxylic acid groups (broad SMARTS) is 1. The SMILES string of the molecule is C/C=C(/C)C(=O)O[C@H]1[C@H](OC(=O)/C(C)=C\C)[C@@]2(CO)[C@H](CC1(C)C)C1=CC[C@@H]3[C@@]4(C)CC[C@H](O[C@@H]5O[C@H](C(=O)O)[C@@H](O)[C@H](O[C@@H]6O[C@@H](CO)[C@@H](O)[C@H]6O)[C@H]5O[C@@H]5O[C@H](CO)[C@@H](O)[C@H](O)[C@H]5O)[C@](C)(CO)[C@H]4CC[C@@]3(C)[C@]1(C)[C@@H](O)[C@H]2O. The van der Waals surface area contributed by atoms with Crippen LogP contribution in [0.4, 0.5) is 0 Å². The third-order valence-electron chi connectivity index (χ3n) is 21.5. The van der Waals surface area contributed by atoms with Crippen LogP contribution in [0.25, 0.3) is 0 Å². The Kier molecular flexibility index (Phi) is 18.4. The number of aliphatic hydroxyl groups excluding tert-OH is 12. The summed E-state index contributed by atoms with van der Waals surface area (Å²) in [5.41, 5.74) is -5.25. The van der Waals surface area contributed by atoms with Gasteiger partial charge in [-0.05, 0) is 94.8 Å². The van der Waals surface area contributed by atoms with Gasteiger partial charge < -0.3 is 104 Å². The topological polar surface area (TPSA) is 388 Å². The average Bonchev–Trinajstić information content (AvgIpc) is 1.99. The molecule has 0 spiro atoms. The van der Waals surface area contributed by atoms with Crippen LogP contribution in [-0.2, 0) is 52.3 Å². The summed E-state index contributed by atoms with van der Waals surface area (Å²) in [7, 11) is 0. The molecular weight excluding hydrogens is 1070 g/mol. The number of carbonyl (C=O) groups is 3. The molecule has 0 amide bonds. The largest absolute Gasteiger partial charge is 0.479 e. The van der Waals surface area contributed by atoms with Gasteiger partial charge in [0.15, 0.2) is 31.1 Å². The Balaban J connectivity index is 1.15. The van der Waals surface area contributed by atoms with Gasteiger partial charge in [-0.25, -0.2) is 14.4 Å². The van der Waals surface area contributed by atoms with E-state index < -0.39 is 205 Å². The van der Waals surface area contributed by atoms with Gasteiger partial charge in [-0.15, -0.1) is 0 Å². The summed E-state index contributed by atoms with van der Waals surface area (Å²) in [5, 5.41) is 146. The Morgan fingerprint density at radius 1 is 0.630 bits per heavy atom. The predicted molar refractivity (Wildman–Crippen MR) is 278 cm³/mol. The minimum atomic E-state index is -2.18. The molecule has 13 N–H and O–H groups in total. The zero-order valence-corrected chi connectivity index (χ0v) is 47.8. The van der Waals surface area contributed by atoms with Gasteiger partial charge in [-0.3, -0.25) is 0 Å². The summed E-state index contributed by atoms with van der Waals surface area (Å²) in [6.45, 7) is 15.3. The van der Waals surface area contributed by atoms with E-state index in [0.717, 1.165) is 5.57 Å². The van der Waals surface area contributed by atoms with Crippen molar-refractivity contribution in [1.29, 1.82) is 0 Å². The predicted octanol–water partition coefficient (Wildman–Crippen LogP) is -0.765. The molecule has 8 aliphatic rings. The Bertz CT molecular complexity index is 2410. The smallest absolute Gasteiger partial charge is 0.335 e. The van der Waals surface area contributed by atoms with Gasteiger partial charge in [0.05, 0.1) is 50.2 Å².